The quantitative estimate of drug-likeness (QED) is 0.926. The molecule has 0 radical (unpaired) electrons. The summed E-state index contributed by atoms with van der Waals surface area (Å²) < 4.78 is 13.5. The van der Waals surface area contributed by atoms with E-state index in [2.05, 4.69) is 15.3 Å². The smallest absolute Gasteiger partial charge is 0.255 e. The number of nitrogens with one attached hydrogen (secondary N) is 1. The minimum atomic E-state index is -1.23. The van der Waals surface area contributed by atoms with Crippen molar-refractivity contribution in [1.82, 2.24) is 20.2 Å². The maximum atomic E-state index is 13.5. The molecule has 1 saturated heterocycles. The van der Waals surface area contributed by atoms with Gasteiger partial charge in [0.25, 0.3) is 11.8 Å². The number of hydrogen-bond donors (Lipinski definition) is 1. The lowest BCUT2D eigenvalue weighted by Crippen LogP contribution is -2.54. The van der Waals surface area contributed by atoms with Crippen molar-refractivity contribution >= 4 is 11.8 Å². The van der Waals surface area contributed by atoms with Crippen molar-refractivity contribution < 1.29 is 14.0 Å². The minimum absolute atomic E-state index is 0.203. The topological polar surface area (TPSA) is 75.2 Å². The average molecular weight is 328 g/mol. The number of benzene rings is 1. The van der Waals surface area contributed by atoms with Gasteiger partial charge in [0.05, 0.1) is 11.9 Å². The zero-order valence-corrected chi connectivity index (χ0v) is 13.2. The van der Waals surface area contributed by atoms with Crippen LogP contribution in [0.3, 0.4) is 0 Å². The van der Waals surface area contributed by atoms with Gasteiger partial charge in [-0.25, -0.2) is 4.39 Å². The number of carbonyl (C=O) groups is 2. The van der Waals surface area contributed by atoms with E-state index in [1.807, 2.05) is 0 Å². The Morgan fingerprint density at radius 1 is 1.33 bits per heavy atom. The molecule has 1 fully saturated rings. The molecule has 7 heteroatoms. The Morgan fingerprint density at radius 3 is 2.83 bits per heavy atom. The van der Waals surface area contributed by atoms with Gasteiger partial charge in [0, 0.05) is 31.5 Å². The highest BCUT2D eigenvalue weighted by Gasteiger charge is 2.52. The first kappa shape index (κ1) is 16.0. The minimum Gasteiger partial charge on any atom is -0.357 e. The summed E-state index contributed by atoms with van der Waals surface area (Å²) in [6.45, 7) is 0.388. The molecule has 3 rings (SSSR count). The fourth-order valence-electron chi connectivity index (χ4n) is 3.21. The molecule has 1 aromatic carbocycles. The summed E-state index contributed by atoms with van der Waals surface area (Å²) in [6, 6.07) is 5.46. The predicted octanol–water partition coefficient (Wildman–Crippen LogP) is 1.49. The number of carbonyl (C=O) groups excluding carboxylic acids is 2. The van der Waals surface area contributed by atoms with Crippen LogP contribution < -0.4 is 5.32 Å². The molecular weight excluding hydrogens is 311 g/mol. The highest BCUT2D eigenvalue weighted by Crippen LogP contribution is 2.39. The van der Waals surface area contributed by atoms with Crippen molar-refractivity contribution in [2.75, 3.05) is 13.6 Å². The summed E-state index contributed by atoms with van der Waals surface area (Å²) in [4.78, 5) is 35.4. The van der Waals surface area contributed by atoms with Gasteiger partial charge in [-0.15, -0.1) is 0 Å². The van der Waals surface area contributed by atoms with Gasteiger partial charge in [0.1, 0.15) is 5.82 Å². The third kappa shape index (κ3) is 2.51. The summed E-state index contributed by atoms with van der Waals surface area (Å²) >= 11 is 0. The molecule has 0 aliphatic carbocycles. The van der Waals surface area contributed by atoms with E-state index in [9.17, 15) is 14.0 Å². The van der Waals surface area contributed by atoms with Crippen molar-refractivity contribution in [3.63, 3.8) is 0 Å². The van der Waals surface area contributed by atoms with Gasteiger partial charge in [-0.2, -0.15) is 0 Å². The molecule has 1 aromatic heterocycles. The van der Waals surface area contributed by atoms with E-state index < -0.39 is 17.3 Å². The van der Waals surface area contributed by atoms with E-state index in [4.69, 9.17) is 0 Å². The van der Waals surface area contributed by atoms with Crippen LogP contribution in [0.4, 0.5) is 4.39 Å². The molecule has 24 heavy (non-hydrogen) atoms. The van der Waals surface area contributed by atoms with Crippen LogP contribution in [0, 0.1) is 5.82 Å². The number of likely N-dealkylation sites (tertiary alicyclic amines) is 1. The van der Waals surface area contributed by atoms with Crippen LogP contribution in [0.25, 0.3) is 0 Å². The highest BCUT2D eigenvalue weighted by atomic mass is 19.1. The molecule has 1 aliphatic rings. The van der Waals surface area contributed by atoms with Crippen molar-refractivity contribution in [1.29, 1.82) is 0 Å². The van der Waals surface area contributed by atoms with Crippen LogP contribution in [-0.4, -0.2) is 40.3 Å². The van der Waals surface area contributed by atoms with Crippen molar-refractivity contribution in [2.24, 2.45) is 0 Å². The first-order chi connectivity index (χ1) is 11.6. The van der Waals surface area contributed by atoms with Crippen LogP contribution in [0.5, 0.6) is 0 Å². The van der Waals surface area contributed by atoms with Gasteiger partial charge in [0.2, 0.25) is 0 Å². The second-order valence-electron chi connectivity index (χ2n) is 5.60. The van der Waals surface area contributed by atoms with Gasteiger partial charge in [-0.1, -0.05) is 6.07 Å². The molecular formula is C17H17FN4O2. The number of aromatic nitrogens is 2. The summed E-state index contributed by atoms with van der Waals surface area (Å²) in [7, 11) is 1.52. The summed E-state index contributed by atoms with van der Waals surface area (Å²) in [6.07, 6.45) is 5.57. The van der Waals surface area contributed by atoms with E-state index in [1.54, 1.807) is 0 Å². The molecule has 2 aromatic rings. The average Bonchev–Trinajstić information content (AvgIpc) is 3.07. The third-order valence-electron chi connectivity index (χ3n) is 4.29. The Bertz CT molecular complexity index is 768. The molecule has 6 nitrogen and oxygen atoms in total. The number of rotatable bonds is 3. The molecule has 124 valence electrons. The van der Waals surface area contributed by atoms with Crippen LogP contribution in [0.2, 0.25) is 0 Å². The Labute approximate surface area is 138 Å². The first-order valence-electron chi connectivity index (χ1n) is 7.66. The predicted molar refractivity (Wildman–Crippen MR) is 84.4 cm³/mol. The standard InChI is InChI=1S/C17H17FN4O2/c1-19-16(24)17(14-11-20-7-8-21-14)6-3-9-22(17)15(23)12-4-2-5-13(18)10-12/h2,4-5,7-8,10-11H,3,6,9H2,1H3,(H,19,24)/t17-/m1/s1. The lowest BCUT2D eigenvalue weighted by Gasteiger charge is -2.36. The molecule has 1 atom stereocenters. The second-order valence-corrected chi connectivity index (χ2v) is 5.60. The normalized spacial score (nSPS) is 20.0. The first-order valence-corrected chi connectivity index (χ1v) is 7.66. The van der Waals surface area contributed by atoms with Crippen molar-refractivity contribution in [3.8, 4) is 0 Å². The fraction of sp³-hybridized carbons (Fsp3) is 0.294. The van der Waals surface area contributed by atoms with Gasteiger partial charge in [-0.05, 0) is 31.0 Å². The summed E-state index contributed by atoms with van der Waals surface area (Å²) in [5, 5.41) is 2.62. The van der Waals surface area contributed by atoms with Crippen LogP contribution in [0.1, 0.15) is 28.9 Å². The SMILES string of the molecule is CNC(=O)[C@]1(c2cnccn2)CCCN1C(=O)c1cccc(F)c1. The number of hydrogen-bond acceptors (Lipinski definition) is 4. The van der Waals surface area contributed by atoms with Gasteiger partial charge < -0.3 is 10.2 Å². The van der Waals surface area contributed by atoms with E-state index in [-0.39, 0.29) is 11.5 Å². The zero-order valence-electron chi connectivity index (χ0n) is 13.2. The van der Waals surface area contributed by atoms with E-state index >= 15 is 0 Å². The maximum absolute atomic E-state index is 13.5. The Balaban J connectivity index is 2.08. The lowest BCUT2D eigenvalue weighted by atomic mass is 9.90. The summed E-state index contributed by atoms with van der Waals surface area (Å²) in [5.41, 5.74) is -0.618. The molecule has 1 aliphatic heterocycles. The molecule has 2 amide bonds. The van der Waals surface area contributed by atoms with Crippen LogP contribution >= 0.6 is 0 Å². The van der Waals surface area contributed by atoms with Gasteiger partial charge in [0.15, 0.2) is 5.54 Å². The Hall–Kier alpha value is -2.83. The number of halogens is 1. The number of nitrogens with zero attached hydrogens (tertiary/aromatic N) is 3. The molecule has 1 N–H and O–H groups in total. The molecule has 0 unspecified atom stereocenters. The Kier molecular flexibility index (Phi) is 4.24. The maximum Gasteiger partial charge on any atom is 0.255 e. The monoisotopic (exact) mass is 328 g/mol. The molecule has 0 saturated carbocycles. The largest absolute Gasteiger partial charge is 0.357 e. The molecule has 2 heterocycles. The fourth-order valence-corrected chi connectivity index (χ4v) is 3.21. The van der Waals surface area contributed by atoms with Gasteiger partial charge >= 0.3 is 0 Å². The van der Waals surface area contributed by atoms with Gasteiger partial charge in [-0.3, -0.25) is 19.6 Å². The van der Waals surface area contributed by atoms with Crippen LogP contribution in [0.15, 0.2) is 42.9 Å². The highest BCUT2D eigenvalue weighted by molar-refractivity contribution is 6.00. The number of amides is 2. The van der Waals surface area contributed by atoms with E-state index in [1.165, 1.54) is 54.8 Å². The van der Waals surface area contributed by atoms with Crippen molar-refractivity contribution in [3.05, 3.63) is 59.9 Å². The number of likely N-dealkylation sites (N-methyl/N-ethyl adjacent to an activating group) is 1. The van der Waals surface area contributed by atoms with E-state index in [0.717, 1.165) is 0 Å². The Morgan fingerprint density at radius 2 is 2.17 bits per heavy atom. The van der Waals surface area contributed by atoms with Crippen LogP contribution in [-0.2, 0) is 10.3 Å². The van der Waals surface area contributed by atoms with Crippen molar-refractivity contribution in [2.45, 2.75) is 18.4 Å². The second kappa shape index (κ2) is 6.35. The molecule has 0 spiro atoms. The zero-order chi connectivity index (χ0) is 17.2. The lowest BCUT2D eigenvalue weighted by molar-refractivity contribution is -0.131. The van der Waals surface area contributed by atoms with E-state index in [0.29, 0.717) is 25.1 Å². The molecule has 0 bridgehead atoms. The summed E-state index contributed by atoms with van der Waals surface area (Å²) in [5.74, 6) is -1.23. The third-order valence-corrected chi connectivity index (χ3v) is 4.29.